The highest BCUT2D eigenvalue weighted by Gasteiger charge is 2.21. The predicted octanol–water partition coefficient (Wildman–Crippen LogP) is -0.0436. The maximum Gasteiger partial charge on any atom is 0.0445 e. The third-order valence-corrected chi connectivity index (χ3v) is 2.76. The fourth-order valence-electron chi connectivity index (χ4n) is 2.00. The van der Waals surface area contributed by atoms with E-state index in [1.165, 1.54) is 12.8 Å². The van der Waals surface area contributed by atoms with Crippen molar-refractivity contribution < 1.29 is 5.11 Å². The SMILES string of the molecule is CN[C@H](CCO)C1CCNCC1. The number of nitrogens with one attached hydrogen (secondary N) is 2. The Balaban J connectivity index is 2.29. The third-order valence-electron chi connectivity index (χ3n) is 2.76. The molecule has 1 heterocycles. The average Bonchev–Trinajstić information content (AvgIpc) is 2.15. The second-order valence-electron chi connectivity index (χ2n) is 3.49. The number of piperidine rings is 1. The van der Waals surface area contributed by atoms with Gasteiger partial charge in [0.1, 0.15) is 0 Å². The van der Waals surface area contributed by atoms with E-state index in [9.17, 15) is 0 Å². The van der Waals surface area contributed by atoms with Crippen LogP contribution in [-0.4, -0.2) is 37.9 Å². The molecule has 1 aliphatic heterocycles. The topological polar surface area (TPSA) is 44.3 Å². The summed E-state index contributed by atoms with van der Waals surface area (Å²) in [6.07, 6.45) is 3.37. The molecule has 3 heteroatoms. The van der Waals surface area contributed by atoms with Crippen molar-refractivity contribution in [2.45, 2.75) is 25.3 Å². The number of aliphatic hydroxyl groups excluding tert-OH is 1. The average molecular weight is 172 g/mol. The standard InChI is InChI=1S/C9H20N2O/c1-10-9(4-7-12)8-2-5-11-6-3-8/h8-12H,2-7H2,1H3/t9-/m1/s1. The molecule has 1 aliphatic rings. The fourth-order valence-corrected chi connectivity index (χ4v) is 2.00. The van der Waals surface area contributed by atoms with Gasteiger partial charge in [-0.15, -0.1) is 0 Å². The van der Waals surface area contributed by atoms with Crippen LogP contribution < -0.4 is 10.6 Å². The van der Waals surface area contributed by atoms with Crippen molar-refractivity contribution in [2.24, 2.45) is 5.92 Å². The van der Waals surface area contributed by atoms with Gasteiger partial charge in [0.05, 0.1) is 0 Å². The lowest BCUT2D eigenvalue weighted by molar-refractivity contribution is 0.218. The Morgan fingerprint density at radius 2 is 2.17 bits per heavy atom. The normalized spacial score (nSPS) is 22.5. The largest absolute Gasteiger partial charge is 0.396 e. The van der Waals surface area contributed by atoms with Crippen LogP contribution in [0.25, 0.3) is 0 Å². The van der Waals surface area contributed by atoms with Gasteiger partial charge in [0.25, 0.3) is 0 Å². The van der Waals surface area contributed by atoms with E-state index in [1.54, 1.807) is 0 Å². The summed E-state index contributed by atoms with van der Waals surface area (Å²) in [5.41, 5.74) is 0. The third kappa shape index (κ3) is 2.73. The van der Waals surface area contributed by atoms with Crippen LogP contribution in [0.5, 0.6) is 0 Å². The van der Waals surface area contributed by atoms with Crippen LogP contribution in [0.15, 0.2) is 0 Å². The van der Waals surface area contributed by atoms with Crippen molar-refractivity contribution in [1.82, 2.24) is 10.6 Å². The molecule has 0 aromatic rings. The second-order valence-corrected chi connectivity index (χ2v) is 3.49. The monoisotopic (exact) mass is 172 g/mol. The maximum absolute atomic E-state index is 8.84. The van der Waals surface area contributed by atoms with Crippen LogP contribution in [0.2, 0.25) is 0 Å². The zero-order valence-electron chi connectivity index (χ0n) is 7.84. The summed E-state index contributed by atoms with van der Waals surface area (Å²) >= 11 is 0. The highest BCUT2D eigenvalue weighted by molar-refractivity contribution is 4.79. The molecule has 12 heavy (non-hydrogen) atoms. The van der Waals surface area contributed by atoms with Crippen molar-refractivity contribution in [1.29, 1.82) is 0 Å². The first-order valence-electron chi connectivity index (χ1n) is 4.87. The molecule has 1 atom stereocenters. The minimum absolute atomic E-state index is 0.301. The molecule has 0 saturated carbocycles. The second kappa shape index (κ2) is 5.51. The summed E-state index contributed by atoms with van der Waals surface area (Å²) in [5.74, 6) is 0.753. The van der Waals surface area contributed by atoms with E-state index in [4.69, 9.17) is 5.11 Å². The Kier molecular flexibility index (Phi) is 4.58. The highest BCUT2D eigenvalue weighted by Crippen LogP contribution is 2.17. The minimum Gasteiger partial charge on any atom is -0.396 e. The van der Waals surface area contributed by atoms with Crippen LogP contribution in [0.4, 0.5) is 0 Å². The van der Waals surface area contributed by atoms with Crippen LogP contribution in [0.3, 0.4) is 0 Å². The predicted molar refractivity (Wildman–Crippen MR) is 50.1 cm³/mol. The van der Waals surface area contributed by atoms with Gasteiger partial charge in [0.15, 0.2) is 0 Å². The van der Waals surface area contributed by atoms with Gasteiger partial charge in [-0.2, -0.15) is 0 Å². The Morgan fingerprint density at radius 3 is 2.67 bits per heavy atom. The van der Waals surface area contributed by atoms with Crippen molar-refractivity contribution in [3.05, 3.63) is 0 Å². The van der Waals surface area contributed by atoms with Crippen LogP contribution in [0.1, 0.15) is 19.3 Å². The molecule has 0 unspecified atom stereocenters. The van der Waals surface area contributed by atoms with E-state index in [0.29, 0.717) is 12.6 Å². The molecular formula is C9H20N2O. The number of aliphatic hydroxyl groups is 1. The van der Waals surface area contributed by atoms with Crippen molar-refractivity contribution in [3.63, 3.8) is 0 Å². The molecule has 0 bridgehead atoms. The number of hydrogen-bond donors (Lipinski definition) is 3. The lowest BCUT2D eigenvalue weighted by Crippen LogP contribution is -2.40. The van der Waals surface area contributed by atoms with Gasteiger partial charge in [0, 0.05) is 12.6 Å². The zero-order valence-corrected chi connectivity index (χ0v) is 7.84. The minimum atomic E-state index is 0.301. The van der Waals surface area contributed by atoms with Crippen LogP contribution >= 0.6 is 0 Å². The molecule has 0 aromatic heterocycles. The molecule has 0 aliphatic carbocycles. The van der Waals surface area contributed by atoms with E-state index >= 15 is 0 Å². The van der Waals surface area contributed by atoms with E-state index in [-0.39, 0.29) is 0 Å². The van der Waals surface area contributed by atoms with Crippen LogP contribution in [-0.2, 0) is 0 Å². The summed E-state index contributed by atoms with van der Waals surface area (Å²) in [5, 5.41) is 15.5. The fraction of sp³-hybridized carbons (Fsp3) is 1.00. The zero-order chi connectivity index (χ0) is 8.81. The van der Waals surface area contributed by atoms with E-state index < -0.39 is 0 Å². The van der Waals surface area contributed by atoms with E-state index in [1.807, 2.05) is 7.05 Å². The molecule has 0 spiro atoms. The Labute approximate surface area is 74.5 Å². The van der Waals surface area contributed by atoms with Crippen molar-refractivity contribution in [3.8, 4) is 0 Å². The summed E-state index contributed by atoms with van der Waals surface area (Å²) in [4.78, 5) is 0. The first-order valence-corrected chi connectivity index (χ1v) is 4.87. The molecule has 72 valence electrons. The summed E-state index contributed by atoms with van der Waals surface area (Å²) in [6.45, 7) is 2.57. The molecule has 1 saturated heterocycles. The molecule has 1 rings (SSSR count). The molecular weight excluding hydrogens is 152 g/mol. The lowest BCUT2D eigenvalue weighted by atomic mass is 9.89. The number of hydrogen-bond acceptors (Lipinski definition) is 3. The molecule has 1 fully saturated rings. The smallest absolute Gasteiger partial charge is 0.0445 e. The van der Waals surface area contributed by atoms with Gasteiger partial charge in [-0.3, -0.25) is 0 Å². The first-order chi connectivity index (χ1) is 5.88. The van der Waals surface area contributed by atoms with Gasteiger partial charge in [-0.25, -0.2) is 0 Å². The van der Waals surface area contributed by atoms with Gasteiger partial charge in [-0.05, 0) is 45.3 Å². The van der Waals surface area contributed by atoms with Crippen molar-refractivity contribution >= 4 is 0 Å². The van der Waals surface area contributed by atoms with E-state index in [0.717, 1.165) is 25.4 Å². The molecule has 0 amide bonds. The maximum atomic E-state index is 8.84. The van der Waals surface area contributed by atoms with Gasteiger partial charge >= 0.3 is 0 Å². The Hall–Kier alpha value is -0.120. The molecule has 0 aromatic carbocycles. The van der Waals surface area contributed by atoms with Crippen molar-refractivity contribution in [2.75, 3.05) is 26.7 Å². The Morgan fingerprint density at radius 1 is 1.50 bits per heavy atom. The van der Waals surface area contributed by atoms with Crippen LogP contribution in [0, 0.1) is 5.92 Å². The molecule has 3 nitrogen and oxygen atoms in total. The molecule has 0 radical (unpaired) electrons. The highest BCUT2D eigenvalue weighted by atomic mass is 16.3. The van der Waals surface area contributed by atoms with Gasteiger partial charge in [0.2, 0.25) is 0 Å². The lowest BCUT2D eigenvalue weighted by Gasteiger charge is -2.30. The number of rotatable bonds is 4. The summed E-state index contributed by atoms with van der Waals surface area (Å²) < 4.78 is 0. The van der Waals surface area contributed by atoms with Gasteiger partial charge in [-0.1, -0.05) is 0 Å². The quantitative estimate of drug-likeness (QED) is 0.557. The first kappa shape index (κ1) is 9.96. The summed E-state index contributed by atoms with van der Waals surface area (Å²) in [6, 6.07) is 0.511. The Bertz CT molecular complexity index is 110. The van der Waals surface area contributed by atoms with Gasteiger partial charge < -0.3 is 15.7 Å². The summed E-state index contributed by atoms with van der Waals surface area (Å²) in [7, 11) is 1.99. The van der Waals surface area contributed by atoms with E-state index in [2.05, 4.69) is 10.6 Å². The molecule has 3 N–H and O–H groups in total.